The molecule has 0 aliphatic heterocycles. The summed E-state index contributed by atoms with van der Waals surface area (Å²) < 4.78 is 0. The van der Waals surface area contributed by atoms with E-state index in [2.05, 4.69) is 32.7 Å². The van der Waals surface area contributed by atoms with E-state index >= 15 is 0 Å². The van der Waals surface area contributed by atoms with Crippen LogP contribution >= 0.6 is 0 Å². The van der Waals surface area contributed by atoms with Gasteiger partial charge in [0, 0.05) is 11.9 Å². The van der Waals surface area contributed by atoms with Crippen molar-refractivity contribution >= 4 is 0 Å². The summed E-state index contributed by atoms with van der Waals surface area (Å²) in [5.74, 6) is 0.547. The molecule has 1 heteroatoms. The van der Waals surface area contributed by atoms with E-state index in [9.17, 15) is 0 Å². The van der Waals surface area contributed by atoms with Gasteiger partial charge < -0.3 is 0 Å². The molecule has 0 N–H and O–H groups in total. The van der Waals surface area contributed by atoms with E-state index in [0.717, 1.165) is 5.69 Å². The van der Waals surface area contributed by atoms with Crippen molar-refractivity contribution in [2.45, 2.75) is 40.0 Å². The summed E-state index contributed by atoms with van der Waals surface area (Å²) >= 11 is 0. The van der Waals surface area contributed by atoms with Crippen molar-refractivity contribution in [3.63, 3.8) is 0 Å². The predicted octanol–water partition coefficient (Wildman–Crippen LogP) is 3.62. The monoisotopic (exact) mass is 165 g/mol. The molecule has 0 atom stereocenters. The molecule has 68 valence electrons. The van der Waals surface area contributed by atoms with Gasteiger partial charge in [0.1, 0.15) is 0 Å². The van der Waals surface area contributed by atoms with Crippen LogP contribution in [0.15, 0.2) is 24.4 Å². The van der Waals surface area contributed by atoms with Gasteiger partial charge in [-0.3, -0.25) is 4.98 Å². The van der Waals surface area contributed by atoms with Crippen LogP contribution in [-0.4, -0.2) is 4.98 Å². The molecular weight excluding hydrogens is 146 g/mol. The van der Waals surface area contributed by atoms with Crippen LogP contribution in [-0.2, 0) is 0 Å². The summed E-state index contributed by atoms with van der Waals surface area (Å²) in [7, 11) is 0. The van der Waals surface area contributed by atoms with Gasteiger partial charge in [0.05, 0.1) is 0 Å². The molecule has 0 saturated carbocycles. The Morgan fingerprint density at radius 2 is 1.83 bits per heavy atom. The standard InChI is InChI=1S/C8H11N.C3H8/c1-7(2)8-5-3-4-6-9-8;1-3-2/h3-7H,1-2H3;3H2,1-2H3. The Morgan fingerprint density at radius 1 is 1.25 bits per heavy atom. The fraction of sp³-hybridized carbons (Fsp3) is 0.545. The Balaban J connectivity index is 0.000000354. The van der Waals surface area contributed by atoms with Gasteiger partial charge in [0.15, 0.2) is 0 Å². The Hall–Kier alpha value is -0.850. The average Bonchev–Trinajstić information content (AvgIpc) is 2.07. The number of nitrogens with zero attached hydrogens (tertiary/aromatic N) is 1. The van der Waals surface area contributed by atoms with Crippen molar-refractivity contribution in [2.24, 2.45) is 0 Å². The van der Waals surface area contributed by atoms with Crippen molar-refractivity contribution < 1.29 is 0 Å². The highest BCUT2D eigenvalue weighted by Gasteiger charge is 1.95. The first kappa shape index (κ1) is 11.2. The van der Waals surface area contributed by atoms with Gasteiger partial charge in [0.25, 0.3) is 0 Å². The molecule has 0 aliphatic carbocycles. The summed E-state index contributed by atoms with van der Waals surface area (Å²) in [6, 6.07) is 6.00. The van der Waals surface area contributed by atoms with Gasteiger partial charge >= 0.3 is 0 Å². The normalized spacial score (nSPS) is 9.08. The number of rotatable bonds is 1. The molecule has 0 aromatic carbocycles. The predicted molar refractivity (Wildman–Crippen MR) is 54.3 cm³/mol. The lowest BCUT2D eigenvalue weighted by Crippen LogP contribution is -1.88. The molecule has 1 aromatic heterocycles. The number of hydrogen-bond donors (Lipinski definition) is 0. The lowest BCUT2D eigenvalue weighted by atomic mass is 10.1. The number of aromatic nitrogens is 1. The van der Waals surface area contributed by atoms with Crippen LogP contribution in [0.2, 0.25) is 0 Å². The first-order valence-corrected chi connectivity index (χ1v) is 4.63. The molecule has 0 fully saturated rings. The second-order valence-electron chi connectivity index (χ2n) is 3.12. The van der Waals surface area contributed by atoms with Crippen LogP contribution in [0.5, 0.6) is 0 Å². The highest BCUT2D eigenvalue weighted by molar-refractivity contribution is 5.06. The summed E-state index contributed by atoms with van der Waals surface area (Å²) in [6.45, 7) is 8.53. The highest BCUT2D eigenvalue weighted by atomic mass is 14.7. The second kappa shape index (κ2) is 6.84. The van der Waals surface area contributed by atoms with E-state index in [4.69, 9.17) is 0 Å². The molecule has 1 rings (SSSR count). The van der Waals surface area contributed by atoms with E-state index < -0.39 is 0 Å². The van der Waals surface area contributed by atoms with Gasteiger partial charge in [-0.2, -0.15) is 0 Å². The highest BCUT2D eigenvalue weighted by Crippen LogP contribution is 2.08. The molecule has 0 amide bonds. The molecule has 0 aliphatic rings. The Morgan fingerprint density at radius 3 is 2.08 bits per heavy atom. The first-order chi connectivity index (χ1) is 5.72. The smallest absolute Gasteiger partial charge is 0.0428 e. The third-order valence-corrected chi connectivity index (χ3v) is 1.28. The zero-order valence-corrected chi connectivity index (χ0v) is 8.54. The maximum Gasteiger partial charge on any atom is 0.0428 e. The molecule has 12 heavy (non-hydrogen) atoms. The zero-order valence-electron chi connectivity index (χ0n) is 8.54. The van der Waals surface area contributed by atoms with Crippen LogP contribution in [0.4, 0.5) is 0 Å². The van der Waals surface area contributed by atoms with Crippen molar-refractivity contribution in [3.8, 4) is 0 Å². The quantitative estimate of drug-likeness (QED) is 0.619. The lowest BCUT2D eigenvalue weighted by molar-refractivity contribution is 0.823. The van der Waals surface area contributed by atoms with Crippen LogP contribution in [0.1, 0.15) is 45.7 Å². The van der Waals surface area contributed by atoms with E-state index in [-0.39, 0.29) is 0 Å². The van der Waals surface area contributed by atoms with Crippen LogP contribution in [0, 0.1) is 0 Å². The first-order valence-electron chi connectivity index (χ1n) is 4.63. The molecule has 0 unspecified atom stereocenters. The van der Waals surface area contributed by atoms with E-state index in [0.29, 0.717) is 5.92 Å². The van der Waals surface area contributed by atoms with Crippen LogP contribution in [0.3, 0.4) is 0 Å². The molecule has 0 bridgehead atoms. The SMILES string of the molecule is CC(C)c1ccccn1.CCC. The van der Waals surface area contributed by atoms with Gasteiger partial charge in [-0.15, -0.1) is 0 Å². The minimum atomic E-state index is 0.547. The van der Waals surface area contributed by atoms with E-state index in [1.807, 2.05) is 24.4 Å². The van der Waals surface area contributed by atoms with Crippen molar-refractivity contribution in [1.29, 1.82) is 0 Å². The summed E-state index contributed by atoms with van der Waals surface area (Å²) in [4.78, 5) is 4.18. The number of pyridine rings is 1. The summed E-state index contributed by atoms with van der Waals surface area (Å²) in [5, 5.41) is 0. The van der Waals surface area contributed by atoms with Crippen molar-refractivity contribution in [2.75, 3.05) is 0 Å². The van der Waals surface area contributed by atoms with Gasteiger partial charge in [0.2, 0.25) is 0 Å². The van der Waals surface area contributed by atoms with Gasteiger partial charge in [-0.1, -0.05) is 40.2 Å². The van der Waals surface area contributed by atoms with Crippen LogP contribution < -0.4 is 0 Å². The van der Waals surface area contributed by atoms with E-state index in [1.165, 1.54) is 6.42 Å². The Kier molecular flexibility index (Phi) is 6.35. The van der Waals surface area contributed by atoms with Gasteiger partial charge in [-0.05, 0) is 18.1 Å². The minimum Gasteiger partial charge on any atom is -0.261 e. The Bertz CT molecular complexity index is 179. The third kappa shape index (κ3) is 4.89. The molecule has 1 aromatic rings. The fourth-order valence-corrected chi connectivity index (χ4v) is 0.717. The number of hydrogen-bond acceptors (Lipinski definition) is 1. The minimum absolute atomic E-state index is 0.547. The summed E-state index contributed by atoms with van der Waals surface area (Å²) in [5.41, 5.74) is 1.16. The molecule has 1 nitrogen and oxygen atoms in total. The molecule has 0 spiro atoms. The molecule has 1 heterocycles. The summed E-state index contributed by atoms with van der Waals surface area (Å²) in [6.07, 6.45) is 3.08. The zero-order chi connectivity index (χ0) is 9.40. The largest absolute Gasteiger partial charge is 0.261 e. The topological polar surface area (TPSA) is 12.9 Å². The molecule has 0 saturated heterocycles. The average molecular weight is 165 g/mol. The lowest BCUT2D eigenvalue weighted by Gasteiger charge is -2.00. The molecule has 0 radical (unpaired) electrons. The van der Waals surface area contributed by atoms with Crippen molar-refractivity contribution in [1.82, 2.24) is 4.98 Å². The molecular formula is C11H19N. The maximum atomic E-state index is 4.18. The maximum absolute atomic E-state index is 4.18. The van der Waals surface area contributed by atoms with Crippen LogP contribution in [0.25, 0.3) is 0 Å². The second-order valence-corrected chi connectivity index (χ2v) is 3.12. The van der Waals surface area contributed by atoms with E-state index in [1.54, 1.807) is 0 Å². The fourth-order valence-electron chi connectivity index (χ4n) is 0.717. The third-order valence-electron chi connectivity index (χ3n) is 1.28. The van der Waals surface area contributed by atoms with Gasteiger partial charge in [-0.25, -0.2) is 0 Å². The Labute approximate surface area is 75.8 Å². The van der Waals surface area contributed by atoms with Crippen molar-refractivity contribution in [3.05, 3.63) is 30.1 Å².